The Morgan fingerprint density at radius 1 is 0.416 bits per heavy atom. The molecule has 28 nitrogen and oxygen atoms in total. The van der Waals surface area contributed by atoms with Gasteiger partial charge in [0.2, 0.25) is 0 Å². The number of halogens is 2. The molecule has 0 radical (unpaired) electrons. The van der Waals surface area contributed by atoms with Gasteiger partial charge in [-0.2, -0.15) is 9.37 Å². The van der Waals surface area contributed by atoms with Crippen molar-refractivity contribution in [3.05, 3.63) is 71.5 Å². The molecule has 4 aliphatic rings. The second-order valence-electron chi connectivity index (χ2n) is 29.4. The van der Waals surface area contributed by atoms with Crippen LogP contribution < -0.4 is 22.9 Å². The van der Waals surface area contributed by atoms with Crippen LogP contribution in [0.2, 0.25) is 0 Å². The van der Waals surface area contributed by atoms with Crippen molar-refractivity contribution in [2.45, 2.75) is 170 Å². The highest BCUT2D eigenvalue weighted by atomic mass is 79.9. The second-order valence-corrected chi connectivity index (χ2v) is 47.4. The first-order valence-corrected chi connectivity index (χ1v) is 46.9. The van der Waals surface area contributed by atoms with Crippen LogP contribution in [0.4, 0.5) is 27.1 Å². The van der Waals surface area contributed by atoms with Gasteiger partial charge in [-0.15, -0.1) is 52.7 Å². The zero-order chi connectivity index (χ0) is 74.1. The standard InChI is InChI=1S/C19H31N4O3P.C18H29N4O3P.C15H22BrN4O3P.C15H22FN4O3P/c1-5-6-7-14-22-15-12(20)8-10-21-18(15)23(14)19-17(25)16(24)13(26-19)9-11-27(2,3)4;1-5-6-13-21-14-11(19)7-9-20-17(14)22(13)18-16(24)15(23)12(25-18)8-10-26(2,3)4;2*1-24(2,3)7-5-9-11(21)12(22)14(23-9)20-13-10(19-15(20)16)8(17)4-6-18-13/h8,10,13,16-17,19,24-25H,2,5-7,9,11H2,1,3-4H3,(H2,20,21);7,9,12,15-16,18,23-24H,2,5-6,8,10H2,1,3-4H3,(H2,19,20);2*4,6,9,11-12,14,21-22H,1,5,7H2,2-3H3,(H2,17,18)/t13-,16-,17-,19?;12-,15-,16-,18?;2*9-,11-,12-,14?/m1111/s1. The van der Waals surface area contributed by atoms with E-state index in [1.165, 1.54) is 12.3 Å². The molecule has 0 amide bonds. The van der Waals surface area contributed by atoms with Gasteiger partial charge in [0.1, 0.15) is 82.5 Å². The molecule has 0 aliphatic carbocycles. The zero-order valence-corrected chi connectivity index (χ0v) is 64.5. The number of aliphatic hydroxyl groups is 8. The number of aromatic nitrogens is 12. The molecule has 0 aromatic carbocycles. The molecule has 4 saturated heterocycles. The van der Waals surface area contributed by atoms with Gasteiger partial charge in [-0.25, -0.2) is 34.9 Å². The molecule has 4 unspecified atom stereocenters. The minimum atomic E-state index is -1.29. The van der Waals surface area contributed by atoms with E-state index >= 15 is 0 Å². The van der Waals surface area contributed by atoms with Gasteiger partial charge < -0.3 is 82.7 Å². The number of anilines is 4. The number of aryl methyl sites for hydroxylation is 2. The van der Waals surface area contributed by atoms with Crippen LogP contribution in [0.3, 0.4) is 0 Å². The molecule has 101 heavy (non-hydrogen) atoms. The summed E-state index contributed by atoms with van der Waals surface area (Å²) in [6.45, 7) is 16.2. The van der Waals surface area contributed by atoms with Gasteiger partial charge >= 0.3 is 0 Å². The molecular formula is C67H104BrFN16O12P4. The minimum absolute atomic E-state index is 0.175. The number of hydrogen-bond donors (Lipinski definition) is 12. The molecule has 34 heteroatoms. The monoisotopic (exact) mass is 1550 g/mol. The van der Waals surface area contributed by atoms with Crippen molar-refractivity contribution < 1.29 is 64.2 Å². The van der Waals surface area contributed by atoms with Crippen molar-refractivity contribution in [3.8, 4) is 0 Å². The molecule has 12 heterocycles. The van der Waals surface area contributed by atoms with Crippen molar-refractivity contribution in [3.63, 3.8) is 0 Å². The Morgan fingerprint density at radius 3 is 1.01 bits per heavy atom. The number of nitrogens with two attached hydrogens (primary N) is 4. The Morgan fingerprint density at radius 2 is 0.693 bits per heavy atom. The summed E-state index contributed by atoms with van der Waals surface area (Å²) in [7, 11) is 0. The second kappa shape index (κ2) is 32.7. The summed E-state index contributed by atoms with van der Waals surface area (Å²) in [5.41, 5.74) is 29.5. The molecule has 4 fully saturated rings. The molecule has 0 saturated carbocycles. The fourth-order valence-corrected chi connectivity index (χ4v) is 17.0. The SMILES string of the molecule is C=P(C)(C)CC[C@H]1OC(n2c(Br)nc3c(N)ccnc32)[C@H](O)[C@@H]1O.C=P(C)(C)CC[C@H]1OC(n2c(CCC)nc3c(N)ccnc32)[C@H](O)[C@@H]1O.C=P(C)(C)CC[C@H]1OC(n2c(CCCC)nc3c(N)ccnc32)[C@H](O)[C@@H]1O.C=P(C)(C)CC[C@H]1OC(n2c(F)nc3c(N)ccnc32)[C@H](O)[C@@H]1O. The largest absolute Gasteiger partial charge is 0.397 e. The van der Waals surface area contributed by atoms with E-state index < -0.39 is 132 Å². The zero-order valence-electron chi connectivity index (χ0n) is 59.3. The van der Waals surface area contributed by atoms with Crippen LogP contribution in [0.1, 0.15) is 95.4 Å². The molecule has 4 aliphatic heterocycles. The smallest absolute Gasteiger partial charge is 0.293 e. The van der Waals surface area contributed by atoms with Crippen molar-refractivity contribution in [1.29, 1.82) is 0 Å². The summed E-state index contributed by atoms with van der Waals surface area (Å²) < 4.78 is 45.0. The highest BCUT2D eigenvalue weighted by Gasteiger charge is 2.49. The summed E-state index contributed by atoms with van der Waals surface area (Å²) in [5.74, 6) is 1.54. The summed E-state index contributed by atoms with van der Waals surface area (Å²) in [6, 6.07) is 6.60. The summed E-state index contributed by atoms with van der Waals surface area (Å²) in [4.78, 5) is 34.6. The Hall–Kier alpha value is -5.19. The third kappa shape index (κ3) is 18.6. The highest BCUT2D eigenvalue weighted by Crippen LogP contribution is 2.46. The van der Waals surface area contributed by atoms with Gasteiger partial charge in [0.05, 0.1) is 47.2 Å². The van der Waals surface area contributed by atoms with Crippen LogP contribution in [0.15, 0.2) is 53.8 Å². The third-order valence-corrected chi connectivity index (χ3v) is 24.6. The molecule has 12 rings (SSSR count). The fraction of sp³-hybridized carbons (Fsp3) is 0.582. The van der Waals surface area contributed by atoms with Gasteiger partial charge in [0, 0.05) is 37.6 Å². The lowest BCUT2D eigenvalue weighted by Gasteiger charge is -2.20. The number of aliphatic hydroxyl groups excluding tert-OH is 8. The lowest BCUT2D eigenvalue weighted by Crippen LogP contribution is -2.32. The molecule has 16 atom stereocenters. The van der Waals surface area contributed by atoms with E-state index in [2.05, 4.69) is 148 Å². The summed E-state index contributed by atoms with van der Waals surface area (Å²) in [6.07, 6.45) is 18.8. The van der Waals surface area contributed by atoms with Crippen molar-refractivity contribution in [2.75, 3.05) is 101 Å². The quantitative estimate of drug-likeness (QED) is 0.0360. The number of rotatable bonds is 21. The first-order valence-electron chi connectivity index (χ1n) is 33.9. The predicted molar refractivity (Wildman–Crippen MR) is 413 cm³/mol. The Bertz CT molecular complexity index is 4250. The van der Waals surface area contributed by atoms with Gasteiger partial charge in [-0.3, -0.25) is 18.3 Å². The number of ether oxygens (including phenoxy) is 4. The van der Waals surface area contributed by atoms with E-state index in [-0.39, 0.29) is 16.9 Å². The van der Waals surface area contributed by atoms with Crippen molar-refractivity contribution in [2.24, 2.45) is 0 Å². The lowest BCUT2D eigenvalue weighted by molar-refractivity contribution is -0.0413. The van der Waals surface area contributed by atoms with E-state index in [1.807, 2.05) is 4.57 Å². The topological polar surface area (TPSA) is 426 Å². The van der Waals surface area contributed by atoms with E-state index in [1.54, 1.807) is 45.9 Å². The lowest BCUT2D eigenvalue weighted by atomic mass is 10.1. The number of fused-ring (bicyclic) bond motifs is 4. The Labute approximate surface area is 597 Å². The fourth-order valence-electron chi connectivity index (χ4n) is 12.6. The maximum atomic E-state index is 14.3. The molecule has 8 aromatic heterocycles. The van der Waals surface area contributed by atoms with Gasteiger partial charge in [-0.1, -0.05) is 20.3 Å². The first-order chi connectivity index (χ1) is 47.3. The van der Waals surface area contributed by atoms with E-state index in [9.17, 15) is 45.2 Å². The van der Waals surface area contributed by atoms with Crippen molar-refractivity contribution >= 4 is 136 Å². The number of imidazole rings is 4. The summed E-state index contributed by atoms with van der Waals surface area (Å²) in [5, 5.41) is 83.9. The molecular weight excluding hydrogens is 1440 g/mol. The van der Waals surface area contributed by atoms with Crippen LogP contribution in [0, 0.1) is 6.08 Å². The van der Waals surface area contributed by atoms with Crippen LogP contribution in [-0.2, 0) is 31.8 Å². The van der Waals surface area contributed by atoms with Gasteiger partial charge in [-0.05, 0) is 157 Å². The van der Waals surface area contributed by atoms with Crippen LogP contribution in [0.5, 0.6) is 0 Å². The average molecular weight is 1550 g/mol. The molecule has 558 valence electrons. The maximum Gasteiger partial charge on any atom is 0.293 e. The number of unbranched alkanes of at least 4 members (excludes halogenated alkanes) is 1. The summed E-state index contributed by atoms with van der Waals surface area (Å²) >= 11 is 3.37. The number of hydrogen-bond acceptors (Lipinski definition) is 24. The van der Waals surface area contributed by atoms with Crippen molar-refractivity contribution in [1.82, 2.24) is 58.1 Å². The van der Waals surface area contributed by atoms with Crippen LogP contribution in [0.25, 0.3) is 44.7 Å². The first kappa shape index (κ1) is 79.9. The number of nitrogens with zero attached hydrogens (tertiary/aromatic N) is 12. The van der Waals surface area contributed by atoms with Crippen LogP contribution in [-0.4, -0.2) is 275 Å². The molecule has 0 bridgehead atoms. The molecule has 16 N–H and O–H groups in total. The highest BCUT2D eigenvalue weighted by molar-refractivity contribution is 9.10. The van der Waals surface area contributed by atoms with Gasteiger partial charge in [0.25, 0.3) is 6.08 Å². The van der Waals surface area contributed by atoms with E-state index in [0.717, 1.165) is 66.5 Å². The average Bonchev–Trinajstić information content (AvgIpc) is 1.63. The predicted octanol–water partition coefficient (Wildman–Crippen LogP) is 6.12. The normalized spacial score (nSPS) is 27.1. The molecule has 8 aromatic rings. The third-order valence-electron chi connectivity index (χ3n) is 18.2. The minimum Gasteiger partial charge on any atom is -0.397 e. The number of pyridine rings is 4. The van der Waals surface area contributed by atoms with E-state index in [0.29, 0.717) is 87.4 Å². The Balaban J connectivity index is 0.000000157. The van der Waals surface area contributed by atoms with Crippen LogP contribution >= 0.6 is 43.5 Å². The maximum absolute atomic E-state index is 14.3. The number of nitrogen functional groups attached to an aromatic ring is 4. The molecule has 0 spiro atoms. The Kier molecular flexibility index (Phi) is 25.9. The van der Waals surface area contributed by atoms with Gasteiger partial charge in [0.15, 0.2) is 52.2 Å². The van der Waals surface area contributed by atoms with E-state index in [4.69, 9.17) is 41.9 Å².